The van der Waals surface area contributed by atoms with E-state index in [0.29, 0.717) is 21.7 Å². The molecule has 0 aliphatic heterocycles. The van der Waals surface area contributed by atoms with Gasteiger partial charge in [0, 0.05) is 6.07 Å². The lowest BCUT2D eigenvalue weighted by atomic mass is 10.1. The summed E-state index contributed by atoms with van der Waals surface area (Å²) < 4.78 is 60.5. The molecule has 0 heterocycles. The van der Waals surface area contributed by atoms with Crippen LogP contribution in [0.3, 0.4) is 0 Å². The molecular formula is C30H38BF3NO3+. The van der Waals surface area contributed by atoms with E-state index in [4.69, 9.17) is 14.0 Å². The van der Waals surface area contributed by atoms with Crippen LogP contribution in [0.4, 0.5) is 18.9 Å². The first kappa shape index (κ1) is 29.4. The number of benzene rings is 3. The predicted molar refractivity (Wildman–Crippen MR) is 148 cm³/mol. The summed E-state index contributed by atoms with van der Waals surface area (Å²) in [5.74, 6) is -0.0459. The van der Waals surface area contributed by atoms with Crippen molar-refractivity contribution in [1.29, 1.82) is 0 Å². The van der Waals surface area contributed by atoms with E-state index in [-0.39, 0.29) is 5.82 Å². The average molecular weight is 528 g/mol. The second-order valence-corrected chi connectivity index (χ2v) is 9.54. The second-order valence-electron chi connectivity index (χ2n) is 9.54. The Kier molecular flexibility index (Phi) is 11.4. The summed E-state index contributed by atoms with van der Waals surface area (Å²) in [6, 6.07) is 15.5. The van der Waals surface area contributed by atoms with Crippen molar-refractivity contribution in [1.82, 2.24) is 4.48 Å². The second kappa shape index (κ2) is 14.7. The van der Waals surface area contributed by atoms with Crippen LogP contribution in [0.25, 0.3) is 0 Å². The SMILES string of the molecule is CCCC[N+](CCCC)(CCCC)c1cc(F)ccc1OB(Oc1ccc(F)cc1)Oc1ccc(F)cc1. The summed E-state index contributed by atoms with van der Waals surface area (Å²) >= 11 is 0. The Morgan fingerprint density at radius 1 is 0.579 bits per heavy atom. The number of unbranched alkanes of at least 4 members (excludes halogenated alkanes) is 3. The third kappa shape index (κ3) is 8.45. The highest BCUT2D eigenvalue weighted by atomic mass is 19.1. The molecule has 0 aromatic heterocycles. The maximum atomic E-state index is 14.8. The zero-order valence-corrected chi connectivity index (χ0v) is 22.6. The van der Waals surface area contributed by atoms with Crippen LogP contribution in [0.2, 0.25) is 0 Å². The third-order valence-electron chi connectivity index (χ3n) is 6.57. The fourth-order valence-electron chi connectivity index (χ4n) is 4.46. The van der Waals surface area contributed by atoms with Crippen molar-refractivity contribution >= 4 is 13.0 Å². The van der Waals surface area contributed by atoms with E-state index in [0.717, 1.165) is 63.8 Å². The molecule has 0 saturated heterocycles. The van der Waals surface area contributed by atoms with Gasteiger partial charge in [0.25, 0.3) is 0 Å². The van der Waals surface area contributed by atoms with E-state index in [9.17, 15) is 13.2 Å². The van der Waals surface area contributed by atoms with Gasteiger partial charge < -0.3 is 14.0 Å². The minimum atomic E-state index is -1.29. The Bertz CT molecular complexity index is 1040. The molecule has 0 aliphatic rings. The van der Waals surface area contributed by atoms with Crippen molar-refractivity contribution < 1.29 is 27.1 Å². The quantitative estimate of drug-likeness (QED) is 0.138. The minimum Gasteiger partial charge on any atom is -0.490 e. The van der Waals surface area contributed by atoms with Crippen LogP contribution in [0.1, 0.15) is 59.3 Å². The van der Waals surface area contributed by atoms with Crippen molar-refractivity contribution in [3.8, 4) is 17.2 Å². The molecule has 3 rings (SSSR count). The van der Waals surface area contributed by atoms with Crippen molar-refractivity contribution in [3.05, 3.63) is 84.2 Å². The number of hydrogen-bond donors (Lipinski definition) is 0. The number of rotatable bonds is 16. The van der Waals surface area contributed by atoms with Crippen molar-refractivity contribution in [3.63, 3.8) is 0 Å². The van der Waals surface area contributed by atoms with Gasteiger partial charge in [0.05, 0.1) is 19.6 Å². The van der Waals surface area contributed by atoms with Crippen LogP contribution in [0.5, 0.6) is 17.2 Å². The number of quaternary nitrogens is 1. The highest BCUT2D eigenvalue weighted by Gasteiger charge is 2.37. The van der Waals surface area contributed by atoms with Crippen LogP contribution in [0.15, 0.2) is 66.7 Å². The van der Waals surface area contributed by atoms with Gasteiger partial charge in [-0.2, -0.15) is 0 Å². The first-order valence-corrected chi connectivity index (χ1v) is 13.6. The van der Waals surface area contributed by atoms with Gasteiger partial charge in [-0.3, -0.25) is 4.48 Å². The Balaban J connectivity index is 2.02. The summed E-state index contributed by atoms with van der Waals surface area (Å²) in [7, 11) is -1.29. The lowest BCUT2D eigenvalue weighted by Crippen LogP contribution is -2.52. The molecule has 0 aliphatic carbocycles. The lowest BCUT2D eigenvalue weighted by Gasteiger charge is -2.39. The summed E-state index contributed by atoms with van der Waals surface area (Å²) in [4.78, 5) is 0. The molecule has 0 amide bonds. The summed E-state index contributed by atoms with van der Waals surface area (Å²) in [5, 5.41) is 0. The molecule has 0 spiro atoms. The van der Waals surface area contributed by atoms with E-state index in [1.165, 1.54) is 54.6 Å². The van der Waals surface area contributed by atoms with Gasteiger partial charge in [-0.05, 0) is 79.9 Å². The van der Waals surface area contributed by atoms with Gasteiger partial charge in [0.1, 0.15) is 29.0 Å². The summed E-state index contributed by atoms with van der Waals surface area (Å²) in [6.07, 6.45) is 6.04. The maximum absolute atomic E-state index is 14.8. The van der Waals surface area contributed by atoms with E-state index in [1.54, 1.807) is 12.1 Å². The van der Waals surface area contributed by atoms with Gasteiger partial charge in [-0.15, -0.1) is 0 Å². The molecule has 0 atom stereocenters. The van der Waals surface area contributed by atoms with Gasteiger partial charge in [-0.1, -0.05) is 40.0 Å². The smallest absolute Gasteiger partial charge is 0.490 e. The molecule has 3 aromatic carbocycles. The van der Waals surface area contributed by atoms with Crippen LogP contribution >= 0.6 is 0 Å². The fourth-order valence-corrected chi connectivity index (χ4v) is 4.46. The van der Waals surface area contributed by atoms with Crippen LogP contribution in [0, 0.1) is 17.5 Å². The van der Waals surface area contributed by atoms with Gasteiger partial charge in [-0.25, -0.2) is 13.2 Å². The molecule has 0 bridgehead atoms. The maximum Gasteiger partial charge on any atom is 0.864 e. The number of halogens is 3. The third-order valence-corrected chi connectivity index (χ3v) is 6.57. The van der Waals surface area contributed by atoms with Crippen molar-refractivity contribution in [2.24, 2.45) is 0 Å². The first-order chi connectivity index (χ1) is 18.4. The van der Waals surface area contributed by atoms with Gasteiger partial charge in [0.2, 0.25) is 0 Å². The molecule has 0 fully saturated rings. The van der Waals surface area contributed by atoms with E-state index < -0.39 is 19.0 Å². The molecule has 0 radical (unpaired) electrons. The van der Waals surface area contributed by atoms with E-state index >= 15 is 0 Å². The van der Waals surface area contributed by atoms with E-state index in [2.05, 4.69) is 20.8 Å². The zero-order chi connectivity index (χ0) is 27.4. The molecule has 8 heteroatoms. The summed E-state index contributed by atoms with van der Waals surface area (Å²) in [6.45, 7) is 9.04. The molecule has 4 nitrogen and oxygen atoms in total. The molecule has 0 N–H and O–H groups in total. The van der Waals surface area contributed by atoms with Gasteiger partial charge in [0.15, 0.2) is 11.4 Å². The molecule has 204 valence electrons. The monoisotopic (exact) mass is 528 g/mol. The Morgan fingerprint density at radius 2 is 1.00 bits per heavy atom. The van der Waals surface area contributed by atoms with Crippen molar-refractivity contribution in [2.45, 2.75) is 59.3 Å². The molecular weight excluding hydrogens is 490 g/mol. The summed E-state index contributed by atoms with van der Waals surface area (Å²) in [5.41, 5.74) is 0.746. The molecule has 0 unspecified atom stereocenters. The Labute approximate surface area is 225 Å². The highest BCUT2D eigenvalue weighted by molar-refractivity contribution is 6.39. The topological polar surface area (TPSA) is 27.7 Å². The number of hydrogen-bond acceptors (Lipinski definition) is 3. The van der Waals surface area contributed by atoms with Gasteiger partial charge >= 0.3 is 7.32 Å². The Hall–Kier alpha value is -3.13. The first-order valence-electron chi connectivity index (χ1n) is 13.6. The predicted octanol–water partition coefficient (Wildman–Crippen LogP) is 8.33. The molecule has 3 aromatic rings. The van der Waals surface area contributed by atoms with E-state index in [1.807, 2.05) is 0 Å². The fraction of sp³-hybridized carbons (Fsp3) is 0.400. The molecule has 0 saturated carbocycles. The van der Waals surface area contributed by atoms with Crippen LogP contribution < -0.4 is 18.4 Å². The minimum absolute atomic E-state index is 0.325. The normalized spacial score (nSPS) is 11.3. The standard InChI is InChI=1S/C30H38BF3NO3/c1-4-7-20-35(21-8-5-2,22-9-6-3)29-23-26(34)14-19-30(29)38-31(36-27-15-10-24(32)11-16-27)37-28-17-12-25(33)13-18-28/h10-19,23H,4-9,20-22H2,1-3H3/q+1. The zero-order valence-electron chi connectivity index (χ0n) is 22.6. The lowest BCUT2D eigenvalue weighted by molar-refractivity contribution is 0.247. The Morgan fingerprint density at radius 3 is 1.42 bits per heavy atom. The number of nitrogens with zero attached hydrogens (tertiary/aromatic N) is 1. The van der Waals surface area contributed by atoms with Crippen LogP contribution in [-0.2, 0) is 0 Å². The van der Waals surface area contributed by atoms with Crippen LogP contribution in [-0.4, -0.2) is 27.0 Å². The largest absolute Gasteiger partial charge is 0.864 e. The van der Waals surface area contributed by atoms with Crippen molar-refractivity contribution in [2.75, 3.05) is 19.6 Å². The average Bonchev–Trinajstić information content (AvgIpc) is 2.92. The highest BCUT2D eigenvalue weighted by Crippen LogP contribution is 2.37. The molecule has 38 heavy (non-hydrogen) atoms.